The number of alkyl carbamates (subject to hydrolysis) is 1. The number of nitrogens with one attached hydrogen (secondary N) is 1. The van der Waals surface area contributed by atoms with Crippen LogP contribution in [0.5, 0.6) is 0 Å². The van der Waals surface area contributed by atoms with Gasteiger partial charge in [-0.3, -0.25) is 4.79 Å². The van der Waals surface area contributed by atoms with E-state index in [4.69, 9.17) is 9.47 Å². The van der Waals surface area contributed by atoms with Crippen LogP contribution in [0.1, 0.15) is 46.6 Å². The molecule has 140 valence electrons. The van der Waals surface area contributed by atoms with Crippen LogP contribution in [0.4, 0.5) is 4.79 Å². The minimum atomic E-state index is -0.540. The van der Waals surface area contributed by atoms with Gasteiger partial charge in [0.15, 0.2) is 0 Å². The largest absolute Gasteiger partial charge is 0.444 e. The normalized spacial score (nSPS) is 13.8. The van der Waals surface area contributed by atoms with Gasteiger partial charge < -0.3 is 14.8 Å². The minimum absolute atomic E-state index is 0.117. The Morgan fingerprint density at radius 3 is 2.36 bits per heavy atom. The molecule has 0 aromatic heterocycles. The van der Waals surface area contributed by atoms with E-state index in [1.165, 1.54) is 0 Å². The molecule has 1 rings (SSSR count). The van der Waals surface area contributed by atoms with Crippen molar-refractivity contribution < 1.29 is 19.1 Å². The van der Waals surface area contributed by atoms with Crippen LogP contribution in [0.2, 0.25) is 0 Å². The average molecular weight is 349 g/mol. The summed E-state index contributed by atoms with van der Waals surface area (Å²) in [6.45, 7) is 10.6. The van der Waals surface area contributed by atoms with Crippen molar-refractivity contribution in [2.45, 2.75) is 53.2 Å². The Kier molecular flexibility index (Phi) is 8.62. The Morgan fingerprint density at radius 2 is 1.76 bits per heavy atom. The van der Waals surface area contributed by atoms with Crippen LogP contribution in [0.3, 0.4) is 0 Å². The zero-order valence-corrected chi connectivity index (χ0v) is 16.0. The van der Waals surface area contributed by atoms with Crippen LogP contribution >= 0.6 is 0 Å². The van der Waals surface area contributed by atoms with Gasteiger partial charge in [0.05, 0.1) is 6.61 Å². The summed E-state index contributed by atoms with van der Waals surface area (Å²) in [4.78, 5) is 23.9. The van der Waals surface area contributed by atoms with Crippen LogP contribution in [-0.2, 0) is 20.9 Å². The molecular formula is C20H31NO4. The standard InChI is InChI=1S/C20H31NO4/c1-15(13-24-14-17-9-7-6-8-10-17)11-18(22)16(2)12-21-19(23)25-20(3,4)5/h6-10,15-16H,11-14H2,1-5H3,(H,21,23). The summed E-state index contributed by atoms with van der Waals surface area (Å²) in [5.41, 5.74) is 0.582. The van der Waals surface area contributed by atoms with Gasteiger partial charge in [-0.2, -0.15) is 0 Å². The van der Waals surface area contributed by atoms with Crippen LogP contribution in [0.25, 0.3) is 0 Å². The highest BCUT2D eigenvalue weighted by Crippen LogP contribution is 2.11. The highest BCUT2D eigenvalue weighted by molar-refractivity contribution is 5.81. The first kappa shape index (κ1) is 21.2. The maximum Gasteiger partial charge on any atom is 0.407 e. The molecule has 0 spiro atoms. The number of rotatable bonds is 9. The molecule has 0 aliphatic heterocycles. The van der Waals surface area contributed by atoms with Gasteiger partial charge in [-0.15, -0.1) is 0 Å². The lowest BCUT2D eigenvalue weighted by atomic mass is 9.97. The lowest BCUT2D eigenvalue weighted by molar-refractivity contribution is -0.123. The van der Waals surface area contributed by atoms with E-state index in [9.17, 15) is 9.59 Å². The third kappa shape index (κ3) is 9.87. The fourth-order valence-electron chi connectivity index (χ4n) is 2.22. The zero-order valence-electron chi connectivity index (χ0n) is 16.0. The lowest BCUT2D eigenvalue weighted by Gasteiger charge is -2.21. The summed E-state index contributed by atoms with van der Waals surface area (Å²) in [5, 5.41) is 2.64. The van der Waals surface area contributed by atoms with E-state index >= 15 is 0 Å². The highest BCUT2D eigenvalue weighted by Gasteiger charge is 2.20. The predicted octanol–water partition coefficient (Wildman–Crippen LogP) is 3.96. The number of carbonyl (C=O) groups excluding carboxylic acids is 2. The van der Waals surface area contributed by atoms with E-state index in [2.05, 4.69) is 5.32 Å². The fraction of sp³-hybridized carbons (Fsp3) is 0.600. The van der Waals surface area contributed by atoms with Gasteiger partial charge in [-0.05, 0) is 32.3 Å². The summed E-state index contributed by atoms with van der Waals surface area (Å²) in [7, 11) is 0. The van der Waals surface area contributed by atoms with Crippen LogP contribution in [0, 0.1) is 11.8 Å². The van der Waals surface area contributed by atoms with Gasteiger partial charge in [-0.25, -0.2) is 4.79 Å². The number of hydrogen-bond donors (Lipinski definition) is 1. The number of ketones is 1. The van der Waals surface area contributed by atoms with E-state index in [0.717, 1.165) is 5.56 Å². The molecule has 1 N–H and O–H groups in total. The van der Waals surface area contributed by atoms with E-state index < -0.39 is 11.7 Å². The van der Waals surface area contributed by atoms with E-state index in [0.29, 0.717) is 19.6 Å². The third-order valence-corrected chi connectivity index (χ3v) is 3.56. The molecule has 0 heterocycles. The molecular weight excluding hydrogens is 318 g/mol. The number of carbonyl (C=O) groups is 2. The average Bonchev–Trinajstić information content (AvgIpc) is 2.52. The number of benzene rings is 1. The van der Waals surface area contributed by atoms with Crippen molar-refractivity contribution in [1.29, 1.82) is 0 Å². The zero-order chi connectivity index (χ0) is 18.9. The van der Waals surface area contributed by atoms with Gasteiger partial charge in [0.25, 0.3) is 0 Å². The molecule has 2 atom stereocenters. The van der Waals surface area contributed by atoms with Crippen molar-refractivity contribution in [3.8, 4) is 0 Å². The van der Waals surface area contributed by atoms with Crippen molar-refractivity contribution in [2.24, 2.45) is 11.8 Å². The van der Waals surface area contributed by atoms with Gasteiger partial charge >= 0.3 is 6.09 Å². The Morgan fingerprint density at radius 1 is 1.12 bits per heavy atom. The Hall–Kier alpha value is -1.88. The second kappa shape index (κ2) is 10.2. The van der Waals surface area contributed by atoms with Gasteiger partial charge in [0.1, 0.15) is 11.4 Å². The van der Waals surface area contributed by atoms with Crippen molar-refractivity contribution in [3.63, 3.8) is 0 Å². The maximum absolute atomic E-state index is 12.2. The van der Waals surface area contributed by atoms with Crippen molar-refractivity contribution >= 4 is 11.9 Å². The van der Waals surface area contributed by atoms with Crippen molar-refractivity contribution in [1.82, 2.24) is 5.32 Å². The van der Waals surface area contributed by atoms with Crippen LogP contribution < -0.4 is 5.32 Å². The molecule has 0 bridgehead atoms. The summed E-state index contributed by atoms with van der Waals surface area (Å²) in [6, 6.07) is 9.95. The van der Waals surface area contributed by atoms with Crippen LogP contribution in [-0.4, -0.2) is 30.6 Å². The summed E-state index contributed by atoms with van der Waals surface area (Å²) in [5.74, 6) is 0.0103. The molecule has 25 heavy (non-hydrogen) atoms. The molecule has 0 aliphatic rings. The Labute approximate surface area is 151 Å². The molecule has 0 aliphatic carbocycles. The first-order valence-electron chi connectivity index (χ1n) is 8.78. The third-order valence-electron chi connectivity index (χ3n) is 3.56. The topological polar surface area (TPSA) is 64.6 Å². The van der Waals surface area contributed by atoms with E-state index in [1.807, 2.05) is 44.2 Å². The van der Waals surface area contributed by atoms with E-state index in [1.54, 1.807) is 20.8 Å². The fourth-order valence-corrected chi connectivity index (χ4v) is 2.22. The Balaban J connectivity index is 2.23. The van der Waals surface area contributed by atoms with Crippen molar-refractivity contribution in [3.05, 3.63) is 35.9 Å². The number of amides is 1. The monoisotopic (exact) mass is 349 g/mol. The molecule has 5 heteroatoms. The van der Waals surface area contributed by atoms with Crippen LogP contribution in [0.15, 0.2) is 30.3 Å². The molecule has 5 nitrogen and oxygen atoms in total. The van der Waals surface area contributed by atoms with Gasteiger partial charge in [0, 0.05) is 25.5 Å². The summed E-state index contributed by atoms with van der Waals surface area (Å²) < 4.78 is 10.8. The first-order valence-corrected chi connectivity index (χ1v) is 8.78. The first-order chi connectivity index (χ1) is 11.7. The molecule has 0 saturated carbocycles. The maximum atomic E-state index is 12.2. The second-order valence-electron chi connectivity index (χ2n) is 7.56. The number of hydrogen-bond acceptors (Lipinski definition) is 4. The molecule has 0 radical (unpaired) electrons. The SMILES string of the molecule is CC(COCc1ccccc1)CC(=O)C(C)CNC(=O)OC(C)(C)C. The summed E-state index contributed by atoms with van der Waals surface area (Å²) in [6.07, 6.45) is -0.0576. The molecule has 0 fully saturated rings. The lowest BCUT2D eigenvalue weighted by Crippen LogP contribution is -2.36. The molecule has 1 aromatic rings. The molecule has 1 aromatic carbocycles. The molecule has 1 amide bonds. The van der Waals surface area contributed by atoms with E-state index in [-0.39, 0.29) is 24.2 Å². The molecule has 2 unspecified atom stereocenters. The van der Waals surface area contributed by atoms with Crippen molar-refractivity contribution in [2.75, 3.05) is 13.2 Å². The van der Waals surface area contributed by atoms with Gasteiger partial charge in [0.2, 0.25) is 0 Å². The van der Waals surface area contributed by atoms with Gasteiger partial charge in [-0.1, -0.05) is 44.2 Å². The second-order valence-corrected chi connectivity index (χ2v) is 7.56. The smallest absolute Gasteiger partial charge is 0.407 e. The number of Topliss-reactive ketones (excluding diaryl/α,β-unsaturated/α-hetero) is 1. The predicted molar refractivity (Wildman–Crippen MR) is 98.3 cm³/mol. The minimum Gasteiger partial charge on any atom is -0.444 e. The molecule has 0 saturated heterocycles. The number of ether oxygens (including phenoxy) is 2. The summed E-state index contributed by atoms with van der Waals surface area (Å²) >= 11 is 0. The Bertz CT molecular complexity index is 536. The highest BCUT2D eigenvalue weighted by atomic mass is 16.6. The quantitative estimate of drug-likeness (QED) is 0.733.